The molecule has 0 bridgehead atoms. The van der Waals surface area contributed by atoms with Crippen molar-refractivity contribution in [3.63, 3.8) is 0 Å². The molecule has 3 rings (SSSR count). The maximum absolute atomic E-state index is 5.92. The molecule has 2 heterocycles. The van der Waals surface area contributed by atoms with Gasteiger partial charge in [-0.05, 0) is 18.2 Å². The molecule has 0 saturated heterocycles. The van der Waals surface area contributed by atoms with Crippen molar-refractivity contribution < 1.29 is 4.74 Å². The van der Waals surface area contributed by atoms with Crippen LogP contribution in [0.4, 0.5) is 11.4 Å². The van der Waals surface area contributed by atoms with Gasteiger partial charge in [-0.25, -0.2) is 4.98 Å². The molecule has 6 heteroatoms. The first-order chi connectivity index (χ1) is 10.3. The zero-order valence-corrected chi connectivity index (χ0v) is 11.5. The molecule has 0 spiro atoms. The molecule has 6 nitrogen and oxygen atoms in total. The third-order valence-corrected chi connectivity index (χ3v) is 3.00. The van der Waals surface area contributed by atoms with E-state index in [1.54, 1.807) is 30.7 Å². The highest BCUT2D eigenvalue weighted by molar-refractivity contribution is 5.68. The number of anilines is 2. The van der Waals surface area contributed by atoms with E-state index in [2.05, 4.69) is 20.3 Å². The first-order valence-corrected chi connectivity index (χ1v) is 6.47. The smallest absolute Gasteiger partial charge is 0.156 e. The fourth-order valence-corrected chi connectivity index (χ4v) is 1.98. The number of H-pyrrole nitrogens is 1. The number of aromatic amines is 1. The van der Waals surface area contributed by atoms with Gasteiger partial charge in [-0.15, -0.1) is 0 Å². The molecule has 106 valence electrons. The molecule has 0 unspecified atom stereocenters. The molecular formula is C15H15N5O. The summed E-state index contributed by atoms with van der Waals surface area (Å²) in [7, 11) is 1.82. The molecule has 1 aromatic carbocycles. The monoisotopic (exact) mass is 281 g/mol. The normalized spacial score (nSPS) is 10.3. The van der Waals surface area contributed by atoms with Crippen LogP contribution >= 0.6 is 0 Å². The Bertz CT molecular complexity index is 740. The van der Waals surface area contributed by atoms with Gasteiger partial charge in [0.15, 0.2) is 5.82 Å². The van der Waals surface area contributed by atoms with Gasteiger partial charge >= 0.3 is 0 Å². The van der Waals surface area contributed by atoms with Gasteiger partial charge in [-0.1, -0.05) is 0 Å². The third kappa shape index (κ3) is 2.79. The van der Waals surface area contributed by atoms with Crippen molar-refractivity contribution in [2.24, 2.45) is 0 Å². The highest BCUT2D eigenvalue weighted by atomic mass is 16.5. The molecule has 4 N–H and O–H groups in total. The lowest BCUT2D eigenvalue weighted by molar-refractivity contribution is 0.482. The number of nitrogens with two attached hydrogens (primary N) is 1. The Balaban J connectivity index is 1.85. The predicted octanol–water partition coefficient (Wildman–Crippen LogP) is 2.89. The lowest BCUT2D eigenvalue weighted by Gasteiger charge is -2.09. The summed E-state index contributed by atoms with van der Waals surface area (Å²) in [6.45, 7) is 0. The van der Waals surface area contributed by atoms with Gasteiger partial charge in [0.1, 0.15) is 17.2 Å². The summed E-state index contributed by atoms with van der Waals surface area (Å²) < 4.78 is 5.81. The molecule has 0 radical (unpaired) electrons. The van der Waals surface area contributed by atoms with E-state index in [0.29, 0.717) is 23.0 Å². The second kappa shape index (κ2) is 5.54. The quantitative estimate of drug-likeness (QED) is 0.640. The van der Waals surface area contributed by atoms with Gasteiger partial charge in [-0.3, -0.25) is 4.98 Å². The van der Waals surface area contributed by atoms with Crippen LogP contribution in [0.1, 0.15) is 0 Å². The summed E-state index contributed by atoms with van der Waals surface area (Å²) in [4.78, 5) is 11.4. The fraction of sp³-hybridized carbons (Fsp3) is 0.0667. The van der Waals surface area contributed by atoms with Crippen molar-refractivity contribution in [2.75, 3.05) is 18.1 Å². The zero-order valence-electron chi connectivity index (χ0n) is 11.5. The first-order valence-electron chi connectivity index (χ1n) is 6.47. The van der Waals surface area contributed by atoms with Gasteiger partial charge in [0, 0.05) is 37.8 Å². The van der Waals surface area contributed by atoms with Gasteiger partial charge in [0.25, 0.3) is 0 Å². The third-order valence-electron chi connectivity index (χ3n) is 3.00. The summed E-state index contributed by atoms with van der Waals surface area (Å²) in [5, 5.41) is 3.01. The Hall–Kier alpha value is -3.02. The van der Waals surface area contributed by atoms with Crippen molar-refractivity contribution in [3.8, 4) is 23.0 Å². The van der Waals surface area contributed by atoms with E-state index in [4.69, 9.17) is 10.5 Å². The second-order valence-electron chi connectivity index (χ2n) is 4.42. The number of ether oxygens (including phenoxy) is 1. The van der Waals surface area contributed by atoms with Crippen LogP contribution in [0.15, 0.2) is 48.9 Å². The number of aromatic nitrogens is 3. The molecule has 0 aliphatic carbocycles. The topological polar surface area (TPSA) is 88.8 Å². The van der Waals surface area contributed by atoms with Gasteiger partial charge in [0.05, 0.1) is 11.4 Å². The van der Waals surface area contributed by atoms with E-state index in [-0.39, 0.29) is 0 Å². The van der Waals surface area contributed by atoms with Crippen LogP contribution in [0.3, 0.4) is 0 Å². The zero-order chi connectivity index (χ0) is 14.7. The molecule has 0 fully saturated rings. The maximum Gasteiger partial charge on any atom is 0.156 e. The number of hydrogen-bond donors (Lipinski definition) is 3. The number of nitrogen functional groups attached to an aromatic ring is 1. The summed E-state index contributed by atoms with van der Waals surface area (Å²) in [6.07, 6.45) is 5.11. The van der Waals surface area contributed by atoms with Crippen molar-refractivity contribution in [3.05, 3.63) is 48.9 Å². The Morgan fingerprint density at radius 1 is 1.10 bits per heavy atom. The molecule has 0 saturated carbocycles. The Morgan fingerprint density at radius 2 is 1.95 bits per heavy atom. The number of hydrogen-bond acceptors (Lipinski definition) is 5. The first kappa shape index (κ1) is 13.0. The highest BCUT2D eigenvalue weighted by Gasteiger charge is 2.05. The Morgan fingerprint density at radius 3 is 2.67 bits per heavy atom. The largest absolute Gasteiger partial charge is 0.457 e. The summed E-state index contributed by atoms with van der Waals surface area (Å²) >= 11 is 0. The number of imidazole rings is 1. The van der Waals surface area contributed by atoms with Crippen LogP contribution in [-0.4, -0.2) is 22.0 Å². The lowest BCUT2D eigenvalue weighted by Crippen LogP contribution is -1.96. The average Bonchev–Trinajstić information content (AvgIpc) is 3.02. The van der Waals surface area contributed by atoms with Crippen molar-refractivity contribution in [1.29, 1.82) is 0 Å². The molecule has 0 atom stereocenters. The van der Waals surface area contributed by atoms with E-state index >= 15 is 0 Å². The standard InChI is InChI=1S/C15H15N5O/c1-17-13-3-2-10(8-12(13)16)21-11-4-5-18-14(9-11)15-19-6-7-20-15/h2-9,17H,16H2,1H3,(H,19,20). The minimum atomic E-state index is 0.635. The second-order valence-corrected chi connectivity index (χ2v) is 4.42. The number of nitrogens with one attached hydrogen (secondary N) is 2. The van der Waals surface area contributed by atoms with Gasteiger partial charge < -0.3 is 20.8 Å². The molecule has 0 aliphatic rings. The lowest BCUT2D eigenvalue weighted by atomic mass is 10.2. The number of rotatable bonds is 4. The van der Waals surface area contributed by atoms with Gasteiger partial charge in [-0.2, -0.15) is 0 Å². The van der Waals surface area contributed by atoms with E-state index in [1.165, 1.54) is 0 Å². The summed E-state index contributed by atoms with van der Waals surface area (Å²) in [5.74, 6) is 2.04. The SMILES string of the molecule is CNc1ccc(Oc2ccnc(-c3ncc[nH]3)c2)cc1N. The van der Waals surface area contributed by atoms with Crippen LogP contribution in [0, 0.1) is 0 Å². The van der Waals surface area contributed by atoms with Crippen LogP contribution in [0.5, 0.6) is 11.5 Å². The molecule has 21 heavy (non-hydrogen) atoms. The van der Waals surface area contributed by atoms with E-state index in [1.807, 2.05) is 25.2 Å². The van der Waals surface area contributed by atoms with E-state index in [0.717, 1.165) is 11.4 Å². The van der Waals surface area contributed by atoms with Crippen LogP contribution in [-0.2, 0) is 0 Å². The van der Waals surface area contributed by atoms with E-state index < -0.39 is 0 Å². The summed E-state index contributed by atoms with van der Waals surface area (Å²) in [5.41, 5.74) is 8.15. The average molecular weight is 281 g/mol. The van der Waals surface area contributed by atoms with Crippen LogP contribution in [0.2, 0.25) is 0 Å². The Labute approximate surface area is 122 Å². The molecule has 0 amide bonds. The Kier molecular flexibility index (Phi) is 3.42. The van der Waals surface area contributed by atoms with Crippen molar-refractivity contribution in [1.82, 2.24) is 15.0 Å². The maximum atomic E-state index is 5.92. The number of benzene rings is 1. The van der Waals surface area contributed by atoms with E-state index in [9.17, 15) is 0 Å². The molecular weight excluding hydrogens is 266 g/mol. The van der Waals surface area contributed by atoms with Crippen molar-refractivity contribution in [2.45, 2.75) is 0 Å². The highest BCUT2D eigenvalue weighted by Crippen LogP contribution is 2.28. The van der Waals surface area contributed by atoms with Crippen LogP contribution < -0.4 is 15.8 Å². The van der Waals surface area contributed by atoms with Crippen LogP contribution in [0.25, 0.3) is 11.5 Å². The number of nitrogens with zero attached hydrogens (tertiary/aromatic N) is 2. The summed E-state index contributed by atoms with van der Waals surface area (Å²) in [6, 6.07) is 9.11. The number of pyridine rings is 1. The predicted molar refractivity (Wildman–Crippen MR) is 82.3 cm³/mol. The minimum absolute atomic E-state index is 0.635. The van der Waals surface area contributed by atoms with Gasteiger partial charge in [0.2, 0.25) is 0 Å². The van der Waals surface area contributed by atoms with Crippen molar-refractivity contribution >= 4 is 11.4 Å². The molecule has 2 aromatic heterocycles. The molecule has 0 aliphatic heterocycles. The molecule has 3 aromatic rings. The fourth-order valence-electron chi connectivity index (χ4n) is 1.98. The minimum Gasteiger partial charge on any atom is -0.457 e.